The van der Waals surface area contributed by atoms with E-state index in [1.165, 1.54) is 6.07 Å². The second-order valence-electron chi connectivity index (χ2n) is 3.20. The molecule has 2 heterocycles. The smallest absolute Gasteiger partial charge is 0.346 e. The molecule has 15 heavy (non-hydrogen) atoms. The number of cyclic esters (lactones) is 2. The van der Waals surface area contributed by atoms with Crippen LogP contribution in [-0.2, 0) is 16.0 Å². The number of nitrogens with zero attached hydrogens (tertiary/aromatic N) is 2. The summed E-state index contributed by atoms with van der Waals surface area (Å²) in [7, 11) is 0. The number of esters is 2. The van der Waals surface area contributed by atoms with Crippen LogP contribution in [0.3, 0.4) is 0 Å². The lowest BCUT2D eigenvalue weighted by Gasteiger charge is -2.12. The number of carbonyl (C=O) groups is 2. The summed E-state index contributed by atoms with van der Waals surface area (Å²) in [5, 5.41) is 7.23. The number of aromatic nitrogens is 2. The number of hydrogen-bond acceptors (Lipinski definition) is 6. The first-order valence-electron chi connectivity index (χ1n) is 4.24. The van der Waals surface area contributed by atoms with Crippen molar-refractivity contribution in [1.29, 1.82) is 0 Å². The fourth-order valence-corrected chi connectivity index (χ4v) is 1.56. The van der Waals surface area contributed by atoms with Crippen LogP contribution in [0.4, 0.5) is 0 Å². The summed E-state index contributed by atoms with van der Waals surface area (Å²) in [6.07, 6.45) is 0.0733. The van der Waals surface area contributed by atoms with E-state index in [4.69, 9.17) is 0 Å². The first-order valence-corrected chi connectivity index (χ1v) is 4.24. The molecule has 0 spiro atoms. The maximum Gasteiger partial charge on any atom is 0.346 e. The Labute approximate surface area is 82.8 Å². The van der Waals surface area contributed by atoms with Gasteiger partial charge in [-0.3, -0.25) is 4.79 Å². The van der Waals surface area contributed by atoms with Crippen molar-refractivity contribution >= 4 is 23.0 Å². The standard InChI is InChI=1S/C9H4N2O4/c12-8-2-4-1-6-7(11-15-10-6)3-5(4)9(13)14-8/h1,3H,2H2. The molecule has 1 aromatic carbocycles. The number of fused-ring (bicyclic) bond motifs is 2. The molecule has 6 heteroatoms. The average molecular weight is 204 g/mol. The molecule has 1 aromatic heterocycles. The SMILES string of the molecule is O=C1Cc2cc3nonc3cc2C(=O)O1. The molecule has 1 aliphatic heterocycles. The molecule has 0 bridgehead atoms. The van der Waals surface area contributed by atoms with E-state index in [0.717, 1.165) is 0 Å². The summed E-state index contributed by atoms with van der Waals surface area (Å²) >= 11 is 0. The normalized spacial score (nSPS) is 15.2. The molecule has 0 fully saturated rings. The van der Waals surface area contributed by atoms with Crippen molar-refractivity contribution in [2.75, 3.05) is 0 Å². The van der Waals surface area contributed by atoms with Gasteiger partial charge in [-0.25, -0.2) is 9.42 Å². The highest BCUT2D eigenvalue weighted by Crippen LogP contribution is 2.22. The van der Waals surface area contributed by atoms with E-state index in [0.29, 0.717) is 22.2 Å². The molecular weight excluding hydrogens is 200 g/mol. The van der Waals surface area contributed by atoms with Gasteiger partial charge in [0, 0.05) is 0 Å². The highest BCUT2D eigenvalue weighted by Gasteiger charge is 2.25. The molecule has 0 atom stereocenters. The van der Waals surface area contributed by atoms with Crippen molar-refractivity contribution < 1.29 is 19.0 Å². The lowest BCUT2D eigenvalue weighted by Crippen LogP contribution is -2.22. The Morgan fingerprint density at radius 2 is 1.87 bits per heavy atom. The first kappa shape index (κ1) is 8.10. The van der Waals surface area contributed by atoms with Gasteiger partial charge >= 0.3 is 11.9 Å². The average Bonchev–Trinajstić information content (AvgIpc) is 2.61. The third-order valence-corrected chi connectivity index (χ3v) is 2.24. The zero-order chi connectivity index (χ0) is 10.4. The minimum absolute atomic E-state index is 0.0733. The topological polar surface area (TPSA) is 82.3 Å². The van der Waals surface area contributed by atoms with E-state index in [-0.39, 0.29) is 6.42 Å². The van der Waals surface area contributed by atoms with Gasteiger partial charge in [-0.2, -0.15) is 0 Å². The Hall–Kier alpha value is -2.24. The van der Waals surface area contributed by atoms with Crippen molar-refractivity contribution in [3.63, 3.8) is 0 Å². The van der Waals surface area contributed by atoms with Crippen molar-refractivity contribution in [2.24, 2.45) is 0 Å². The van der Waals surface area contributed by atoms with Gasteiger partial charge in [0.1, 0.15) is 11.0 Å². The number of carbonyl (C=O) groups excluding carboxylic acids is 2. The third kappa shape index (κ3) is 1.11. The van der Waals surface area contributed by atoms with Crippen LogP contribution in [-0.4, -0.2) is 22.3 Å². The second-order valence-corrected chi connectivity index (χ2v) is 3.20. The molecule has 0 amide bonds. The Morgan fingerprint density at radius 3 is 2.67 bits per heavy atom. The molecule has 0 saturated heterocycles. The van der Waals surface area contributed by atoms with E-state index in [1.807, 2.05) is 0 Å². The molecule has 0 radical (unpaired) electrons. The van der Waals surface area contributed by atoms with Gasteiger partial charge < -0.3 is 4.74 Å². The largest absolute Gasteiger partial charge is 0.389 e. The first-order chi connectivity index (χ1) is 7.24. The monoisotopic (exact) mass is 204 g/mol. The van der Waals surface area contributed by atoms with Crippen LogP contribution in [0, 0.1) is 0 Å². The van der Waals surface area contributed by atoms with Crippen molar-refractivity contribution in [1.82, 2.24) is 10.3 Å². The lowest BCUT2D eigenvalue weighted by atomic mass is 10.0. The van der Waals surface area contributed by atoms with Crippen LogP contribution < -0.4 is 0 Å². The Balaban J connectivity index is 2.30. The Bertz CT molecular complexity index is 587. The minimum atomic E-state index is -0.647. The number of ether oxygens (including phenoxy) is 1. The van der Waals surface area contributed by atoms with Gasteiger partial charge in [-0.1, -0.05) is 0 Å². The number of benzene rings is 1. The Kier molecular flexibility index (Phi) is 1.42. The van der Waals surface area contributed by atoms with E-state index in [1.54, 1.807) is 6.07 Å². The van der Waals surface area contributed by atoms with E-state index in [2.05, 4.69) is 19.7 Å². The third-order valence-electron chi connectivity index (χ3n) is 2.24. The molecule has 3 rings (SSSR count). The fraction of sp³-hybridized carbons (Fsp3) is 0.111. The summed E-state index contributed by atoms with van der Waals surface area (Å²) in [6.45, 7) is 0. The molecule has 0 N–H and O–H groups in total. The fourth-order valence-electron chi connectivity index (χ4n) is 1.56. The zero-order valence-corrected chi connectivity index (χ0v) is 7.39. The minimum Gasteiger partial charge on any atom is -0.389 e. The van der Waals surface area contributed by atoms with Crippen molar-refractivity contribution in [2.45, 2.75) is 6.42 Å². The molecule has 74 valence electrons. The van der Waals surface area contributed by atoms with Gasteiger partial charge in [0.05, 0.1) is 12.0 Å². The van der Waals surface area contributed by atoms with Gasteiger partial charge in [-0.15, -0.1) is 0 Å². The number of rotatable bonds is 0. The second kappa shape index (κ2) is 2.63. The summed E-state index contributed by atoms with van der Waals surface area (Å²) in [5.74, 6) is -1.20. The summed E-state index contributed by atoms with van der Waals surface area (Å²) in [6, 6.07) is 3.12. The van der Waals surface area contributed by atoms with Crippen molar-refractivity contribution in [3.05, 3.63) is 23.3 Å². The molecule has 0 saturated carbocycles. The highest BCUT2D eigenvalue weighted by molar-refractivity contribution is 6.04. The molecule has 6 nitrogen and oxygen atoms in total. The van der Waals surface area contributed by atoms with Crippen LogP contribution in [0.5, 0.6) is 0 Å². The van der Waals surface area contributed by atoms with Crippen LogP contribution in [0.2, 0.25) is 0 Å². The van der Waals surface area contributed by atoms with E-state index >= 15 is 0 Å². The van der Waals surface area contributed by atoms with E-state index in [9.17, 15) is 9.59 Å². The van der Waals surface area contributed by atoms with Gasteiger partial charge in [0.2, 0.25) is 0 Å². The summed E-state index contributed by atoms with van der Waals surface area (Å²) in [5.41, 5.74) is 1.94. The number of hydrogen-bond donors (Lipinski definition) is 0. The molecular formula is C9H4N2O4. The van der Waals surface area contributed by atoms with Crippen LogP contribution in [0.25, 0.3) is 11.0 Å². The van der Waals surface area contributed by atoms with Crippen LogP contribution in [0.1, 0.15) is 15.9 Å². The maximum atomic E-state index is 11.3. The van der Waals surface area contributed by atoms with Crippen LogP contribution in [0.15, 0.2) is 16.8 Å². The maximum absolute atomic E-state index is 11.3. The summed E-state index contributed by atoms with van der Waals surface area (Å²) < 4.78 is 8.99. The Morgan fingerprint density at radius 1 is 1.13 bits per heavy atom. The quantitative estimate of drug-likeness (QED) is 0.458. The molecule has 1 aliphatic rings. The predicted molar refractivity (Wildman–Crippen MR) is 45.9 cm³/mol. The zero-order valence-electron chi connectivity index (χ0n) is 7.39. The summed E-state index contributed by atoms with van der Waals surface area (Å²) in [4.78, 5) is 22.3. The van der Waals surface area contributed by atoms with Crippen molar-refractivity contribution in [3.8, 4) is 0 Å². The highest BCUT2D eigenvalue weighted by atomic mass is 16.6. The predicted octanol–water partition coefficient (Wildman–Crippen LogP) is 0.462. The van der Waals surface area contributed by atoms with E-state index < -0.39 is 11.9 Å². The molecule has 0 aliphatic carbocycles. The molecule has 2 aromatic rings. The van der Waals surface area contributed by atoms with Gasteiger partial charge in [0.15, 0.2) is 0 Å². The lowest BCUT2D eigenvalue weighted by molar-refractivity contribution is -0.137. The molecule has 0 unspecified atom stereocenters. The van der Waals surface area contributed by atoms with Crippen LogP contribution >= 0.6 is 0 Å². The van der Waals surface area contributed by atoms with Gasteiger partial charge in [-0.05, 0) is 28.0 Å². The van der Waals surface area contributed by atoms with Gasteiger partial charge in [0.25, 0.3) is 0 Å².